The van der Waals surface area contributed by atoms with Gasteiger partial charge in [-0.05, 0) is 56.2 Å². The summed E-state index contributed by atoms with van der Waals surface area (Å²) >= 11 is 0. The molecule has 0 saturated carbocycles. The molecule has 136 valence electrons. The number of hydrogen-bond donors (Lipinski definition) is 2. The van der Waals surface area contributed by atoms with Gasteiger partial charge in [0.1, 0.15) is 0 Å². The number of rotatable bonds is 5. The summed E-state index contributed by atoms with van der Waals surface area (Å²) in [5.74, 6) is -0.381. The maximum Gasteiger partial charge on any atom is 0.286 e. The highest BCUT2D eigenvalue weighted by Gasteiger charge is 2.16. The normalized spacial score (nSPS) is 13.0. The highest BCUT2D eigenvalue weighted by Crippen LogP contribution is 2.19. The number of amides is 2. The molecule has 0 atom stereocenters. The Balaban J connectivity index is 1.51. The van der Waals surface area contributed by atoms with Crippen LogP contribution in [-0.2, 0) is 29.0 Å². The van der Waals surface area contributed by atoms with E-state index >= 15 is 0 Å². The van der Waals surface area contributed by atoms with Crippen LogP contribution >= 0.6 is 0 Å². The summed E-state index contributed by atoms with van der Waals surface area (Å²) in [7, 11) is 0. The molecule has 0 fully saturated rings. The Morgan fingerprint density at radius 2 is 1.69 bits per heavy atom. The summed E-state index contributed by atoms with van der Waals surface area (Å²) < 4.78 is 1.89. The van der Waals surface area contributed by atoms with Crippen LogP contribution in [-0.4, -0.2) is 18.4 Å². The molecule has 1 aliphatic carbocycles. The number of carbonyl (C=O) groups excluding carboxylic acids is 2. The molecular weight excluding hydrogens is 326 g/mol. The molecule has 1 heterocycles. The van der Waals surface area contributed by atoms with E-state index in [9.17, 15) is 9.59 Å². The second-order valence-electron chi connectivity index (χ2n) is 6.97. The standard InChI is InChI=1S/C21H25N3O2/c1-15-6-5-7-16(2)21(15)23-19(25)12-22-20(26)14-24-11-10-17-8-3-4-9-18(17)13-24/h5-7,10-11,13H,3-4,8-9,12,14H2,1-2H3,(H-,22,23,25,26)/p+1. The highest BCUT2D eigenvalue weighted by atomic mass is 16.2. The first-order chi connectivity index (χ1) is 12.5. The Morgan fingerprint density at radius 1 is 1.00 bits per heavy atom. The first-order valence-electron chi connectivity index (χ1n) is 9.16. The monoisotopic (exact) mass is 352 g/mol. The summed E-state index contributed by atoms with van der Waals surface area (Å²) in [6, 6.07) is 7.97. The van der Waals surface area contributed by atoms with Crippen molar-refractivity contribution >= 4 is 17.5 Å². The van der Waals surface area contributed by atoms with Crippen molar-refractivity contribution in [1.82, 2.24) is 5.32 Å². The van der Waals surface area contributed by atoms with Crippen molar-refractivity contribution in [1.29, 1.82) is 0 Å². The molecule has 3 rings (SSSR count). The molecule has 2 amide bonds. The molecule has 1 aromatic carbocycles. The first-order valence-corrected chi connectivity index (χ1v) is 9.16. The number of nitrogens with zero attached hydrogens (tertiary/aromatic N) is 1. The topological polar surface area (TPSA) is 62.1 Å². The summed E-state index contributed by atoms with van der Waals surface area (Å²) in [4.78, 5) is 24.3. The van der Waals surface area contributed by atoms with Crippen molar-refractivity contribution in [3.05, 3.63) is 58.9 Å². The van der Waals surface area contributed by atoms with E-state index in [0.29, 0.717) is 0 Å². The van der Waals surface area contributed by atoms with Gasteiger partial charge in [0.15, 0.2) is 12.4 Å². The lowest BCUT2D eigenvalue weighted by atomic mass is 9.93. The largest absolute Gasteiger partial charge is 0.342 e. The van der Waals surface area contributed by atoms with Gasteiger partial charge in [0.25, 0.3) is 5.91 Å². The first kappa shape index (κ1) is 18.1. The summed E-state index contributed by atoms with van der Waals surface area (Å²) in [6.07, 6.45) is 8.66. The number of hydrogen-bond acceptors (Lipinski definition) is 2. The van der Waals surface area contributed by atoms with Crippen molar-refractivity contribution < 1.29 is 14.2 Å². The summed E-state index contributed by atoms with van der Waals surface area (Å²) in [5, 5.41) is 5.58. The van der Waals surface area contributed by atoms with Gasteiger partial charge in [0, 0.05) is 17.3 Å². The van der Waals surface area contributed by atoms with E-state index in [4.69, 9.17) is 0 Å². The van der Waals surface area contributed by atoms with Gasteiger partial charge in [-0.3, -0.25) is 9.59 Å². The molecule has 0 unspecified atom stereocenters. The Kier molecular flexibility index (Phi) is 5.66. The fourth-order valence-corrected chi connectivity index (χ4v) is 3.41. The average Bonchev–Trinajstić information content (AvgIpc) is 2.63. The van der Waals surface area contributed by atoms with Crippen LogP contribution < -0.4 is 15.2 Å². The number of pyridine rings is 1. The van der Waals surface area contributed by atoms with Gasteiger partial charge in [0.2, 0.25) is 12.5 Å². The molecule has 1 aromatic heterocycles. The molecule has 26 heavy (non-hydrogen) atoms. The lowest BCUT2D eigenvalue weighted by Crippen LogP contribution is -2.45. The van der Waals surface area contributed by atoms with Gasteiger partial charge in [-0.1, -0.05) is 18.2 Å². The zero-order chi connectivity index (χ0) is 18.5. The predicted octanol–water partition coefficient (Wildman–Crippen LogP) is 2.22. The van der Waals surface area contributed by atoms with E-state index in [1.54, 1.807) is 0 Å². The van der Waals surface area contributed by atoms with Crippen LogP contribution in [0.4, 0.5) is 5.69 Å². The van der Waals surface area contributed by atoms with Gasteiger partial charge >= 0.3 is 0 Å². The fraction of sp³-hybridized carbons (Fsp3) is 0.381. The molecule has 0 radical (unpaired) electrons. The number of anilines is 1. The Hall–Kier alpha value is -2.69. The van der Waals surface area contributed by atoms with E-state index in [1.165, 1.54) is 24.0 Å². The average molecular weight is 352 g/mol. The Bertz CT molecular complexity index is 810. The predicted molar refractivity (Wildman–Crippen MR) is 101 cm³/mol. The highest BCUT2D eigenvalue weighted by molar-refractivity contribution is 5.95. The number of fused-ring (bicyclic) bond motifs is 1. The number of benzene rings is 1. The molecule has 0 bridgehead atoms. The maximum atomic E-state index is 12.2. The SMILES string of the molecule is Cc1cccc(C)c1NC(=O)CNC(=O)C[n+]1ccc2c(c1)CCCC2. The minimum absolute atomic E-state index is 0.0297. The van der Waals surface area contributed by atoms with Crippen LogP contribution in [0.15, 0.2) is 36.7 Å². The van der Waals surface area contributed by atoms with Crippen molar-refractivity contribution in [2.45, 2.75) is 46.1 Å². The van der Waals surface area contributed by atoms with Crippen LogP contribution in [0.2, 0.25) is 0 Å². The third kappa shape index (κ3) is 4.48. The summed E-state index contributed by atoms with van der Waals surface area (Å²) in [6.45, 7) is 4.10. The minimum Gasteiger partial charge on any atom is -0.342 e. The van der Waals surface area contributed by atoms with Crippen molar-refractivity contribution in [3.8, 4) is 0 Å². The fourth-order valence-electron chi connectivity index (χ4n) is 3.41. The van der Waals surface area contributed by atoms with Gasteiger partial charge in [-0.15, -0.1) is 0 Å². The molecule has 1 aliphatic rings. The van der Waals surface area contributed by atoms with Gasteiger partial charge < -0.3 is 10.6 Å². The smallest absolute Gasteiger partial charge is 0.286 e. The lowest BCUT2D eigenvalue weighted by Gasteiger charge is -2.13. The Labute approximate surface area is 154 Å². The third-order valence-corrected chi connectivity index (χ3v) is 4.86. The van der Waals surface area contributed by atoms with Crippen LogP contribution in [0.25, 0.3) is 0 Å². The van der Waals surface area contributed by atoms with Gasteiger partial charge in [0.05, 0.1) is 6.54 Å². The number of carbonyl (C=O) groups is 2. The lowest BCUT2D eigenvalue weighted by molar-refractivity contribution is -0.685. The van der Waals surface area contributed by atoms with Crippen LogP contribution in [0.3, 0.4) is 0 Å². The molecule has 0 spiro atoms. The number of para-hydroxylation sites is 1. The Morgan fingerprint density at radius 3 is 2.42 bits per heavy atom. The van der Waals surface area contributed by atoms with Crippen molar-refractivity contribution in [2.75, 3.05) is 11.9 Å². The van der Waals surface area contributed by atoms with Gasteiger partial charge in [-0.25, -0.2) is 0 Å². The minimum atomic E-state index is -0.216. The number of aromatic nitrogens is 1. The zero-order valence-electron chi connectivity index (χ0n) is 15.5. The molecule has 5 nitrogen and oxygen atoms in total. The van der Waals surface area contributed by atoms with E-state index in [1.807, 2.05) is 42.8 Å². The van der Waals surface area contributed by atoms with Crippen LogP contribution in [0.1, 0.15) is 35.1 Å². The van der Waals surface area contributed by atoms with Gasteiger partial charge in [-0.2, -0.15) is 4.57 Å². The molecule has 2 N–H and O–H groups in total. The molecule has 0 saturated heterocycles. The zero-order valence-corrected chi connectivity index (χ0v) is 15.5. The van der Waals surface area contributed by atoms with Crippen molar-refractivity contribution in [2.24, 2.45) is 0 Å². The van der Waals surface area contributed by atoms with E-state index in [-0.39, 0.29) is 24.9 Å². The summed E-state index contributed by atoms with van der Waals surface area (Å²) in [5.41, 5.74) is 5.56. The quantitative estimate of drug-likeness (QED) is 0.811. The van der Waals surface area contributed by atoms with E-state index in [2.05, 4.69) is 22.9 Å². The second-order valence-corrected chi connectivity index (χ2v) is 6.97. The number of aryl methyl sites for hydroxylation is 4. The van der Waals surface area contributed by atoms with Crippen LogP contribution in [0.5, 0.6) is 0 Å². The molecule has 5 heteroatoms. The molecule has 0 aliphatic heterocycles. The maximum absolute atomic E-state index is 12.2. The van der Waals surface area contributed by atoms with E-state index in [0.717, 1.165) is 29.7 Å². The molecular formula is C21H26N3O2+. The molecule has 2 aromatic rings. The van der Waals surface area contributed by atoms with E-state index < -0.39 is 0 Å². The second kappa shape index (κ2) is 8.13. The van der Waals surface area contributed by atoms with Crippen LogP contribution in [0, 0.1) is 13.8 Å². The van der Waals surface area contributed by atoms with Crippen molar-refractivity contribution in [3.63, 3.8) is 0 Å². The number of nitrogens with one attached hydrogen (secondary N) is 2. The third-order valence-electron chi connectivity index (χ3n) is 4.86.